The molecule has 0 saturated carbocycles. The zero-order valence-corrected chi connectivity index (χ0v) is 16.5. The highest BCUT2D eigenvalue weighted by atomic mass is 16.5. The number of hydrogen-bond acceptors (Lipinski definition) is 6. The summed E-state index contributed by atoms with van der Waals surface area (Å²) in [6.45, 7) is 12.0. The van der Waals surface area contributed by atoms with Gasteiger partial charge in [-0.05, 0) is 44.9 Å². The number of anilines is 1. The van der Waals surface area contributed by atoms with Gasteiger partial charge in [0.2, 0.25) is 0 Å². The molecule has 1 N–H and O–H groups in total. The van der Waals surface area contributed by atoms with Crippen molar-refractivity contribution in [1.82, 2.24) is 24.5 Å². The Hall–Kier alpha value is -2.25. The van der Waals surface area contributed by atoms with Crippen molar-refractivity contribution in [2.75, 3.05) is 44.7 Å². The van der Waals surface area contributed by atoms with Gasteiger partial charge in [-0.25, -0.2) is 9.97 Å². The van der Waals surface area contributed by atoms with Gasteiger partial charge in [0, 0.05) is 37.1 Å². The van der Waals surface area contributed by atoms with E-state index in [9.17, 15) is 0 Å². The standard InChI is InChI=1S/C20H28N6O/c1-4-16-13-17(21-6-5-7-25-8-10-27-11-9-25)26-20(23-16)18-14(2)12-15(3)22-19(18)24-26/h12-13,21H,4-11H2,1-3H3. The molecule has 7 nitrogen and oxygen atoms in total. The molecule has 0 spiro atoms. The summed E-state index contributed by atoms with van der Waals surface area (Å²) in [6, 6.07) is 4.20. The summed E-state index contributed by atoms with van der Waals surface area (Å²) >= 11 is 0. The molecular weight excluding hydrogens is 340 g/mol. The maximum Gasteiger partial charge on any atom is 0.184 e. The van der Waals surface area contributed by atoms with Crippen molar-refractivity contribution in [3.05, 3.63) is 29.1 Å². The second-order valence-electron chi connectivity index (χ2n) is 7.24. The summed E-state index contributed by atoms with van der Waals surface area (Å²) in [5.74, 6) is 0.994. The van der Waals surface area contributed by atoms with Gasteiger partial charge in [-0.1, -0.05) is 6.92 Å². The van der Waals surface area contributed by atoms with Crippen LogP contribution in [0.4, 0.5) is 5.82 Å². The summed E-state index contributed by atoms with van der Waals surface area (Å²) in [5, 5.41) is 9.35. The summed E-state index contributed by atoms with van der Waals surface area (Å²) in [6.07, 6.45) is 1.98. The molecule has 27 heavy (non-hydrogen) atoms. The zero-order chi connectivity index (χ0) is 18.8. The molecule has 4 heterocycles. The van der Waals surface area contributed by atoms with E-state index < -0.39 is 0 Å². The van der Waals surface area contributed by atoms with Gasteiger partial charge in [0.25, 0.3) is 0 Å². The Morgan fingerprint density at radius 3 is 2.74 bits per heavy atom. The molecule has 1 saturated heterocycles. The molecule has 1 fully saturated rings. The van der Waals surface area contributed by atoms with E-state index in [1.165, 1.54) is 5.56 Å². The molecule has 3 aromatic rings. The van der Waals surface area contributed by atoms with Gasteiger partial charge in [-0.3, -0.25) is 4.90 Å². The van der Waals surface area contributed by atoms with Gasteiger partial charge in [0.05, 0.1) is 18.6 Å². The second kappa shape index (κ2) is 7.78. The van der Waals surface area contributed by atoms with Gasteiger partial charge in [-0.15, -0.1) is 5.10 Å². The zero-order valence-electron chi connectivity index (χ0n) is 16.5. The Labute approximate surface area is 159 Å². The molecule has 4 rings (SSSR count). The lowest BCUT2D eigenvalue weighted by Crippen LogP contribution is -2.37. The molecule has 0 atom stereocenters. The van der Waals surface area contributed by atoms with Crippen molar-refractivity contribution in [3.8, 4) is 0 Å². The fraction of sp³-hybridized carbons (Fsp3) is 0.550. The van der Waals surface area contributed by atoms with Crippen LogP contribution in [0.3, 0.4) is 0 Å². The maximum absolute atomic E-state index is 5.41. The lowest BCUT2D eigenvalue weighted by Gasteiger charge is -2.26. The van der Waals surface area contributed by atoms with Crippen molar-refractivity contribution in [1.29, 1.82) is 0 Å². The van der Waals surface area contributed by atoms with E-state index in [2.05, 4.69) is 41.2 Å². The van der Waals surface area contributed by atoms with Crippen LogP contribution in [-0.4, -0.2) is 63.9 Å². The monoisotopic (exact) mass is 368 g/mol. The summed E-state index contributed by atoms with van der Waals surface area (Å²) < 4.78 is 7.33. The Bertz CT molecular complexity index is 945. The molecule has 0 aromatic carbocycles. The van der Waals surface area contributed by atoms with Crippen molar-refractivity contribution in [2.24, 2.45) is 0 Å². The molecule has 0 bridgehead atoms. The van der Waals surface area contributed by atoms with Crippen molar-refractivity contribution >= 4 is 22.5 Å². The number of aromatic nitrogens is 4. The first-order chi connectivity index (χ1) is 13.2. The number of ether oxygens (including phenoxy) is 1. The summed E-state index contributed by atoms with van der Waals surface area (Å²) in [5.41, 5.74) is 4.89. The van der Waals surface area contributed by atoms with Gasteiger partial charge < -0.3 is 10.1 Å². The predicted molar refractivity (Wildman–Crippen MR) is 108 cm³/mol. The van der Waals surface area contributed by atoms with E-state index in [1.54, 1.807) is 0 Å². The van der Waals surface area contributed by atoms with Crippen LogP contribution in [0, 0.1) is 13.8 Å². The van der Waals surface area contributed by atoms with Crippen LogP contribution in [0.25, 0.3) is 16.7 Å². The lowest BCUT2D eigenvalue weighted by atomic mass is 10.2. The SMILES string of the molecule is CCc1cc(NCCCN2CCOCC2)n2nc3nc(C)cc(C)c3c2n1. The highest BCUT2D eigenvalue weighted by molar-refractivity contribution is 5.93. The number of rotatable bonds is 6. The number of morpholine rings is 1. The highest BCUT2D eigenvalue weighted by Gasteiger charge is 2.15. The minimum absolute atomic E-state index is 0.768. The van der Waals surface area contributed by atoms with E-state index in [4.69, 9.17) is 14.8 Å². The molecule has 0 aliphatic carbocycles. The van der Waals surface area contributed by atoms with Gasteiger partial charge in [0.15, 0.2) is 11.3 Å². The third kappa shape index (κ3) is 3.75. The average Bonchev–Trinajstić information content (AvgIpc) is 3.04. The van der Waals surface area contributed by atoms with Crippen LogP contribution in [0.1, 0.15) is 30.3 Å². The fourth-order valence-electron chi connectivity index (χ4n) is 3.72. The Balaban J connectivity index is 1.58. The van der Waals surface area contributed by atoms with Crippen LogP contribution in [0.5, 0.6) is 0 Å². The minimum atomic E-state index is 0.768. The molecule has 144 valence electrons. The molecule has 7 heteroatoms. The van der Waals surface area contributed by atoms with E-state index in [-0.39, 0.29) is 0 Å². The number of aryl methyl sites for hydroxylation is 3. The topological polar surface area (TPSA) is 67.6 Å². The van der Waals surface area contributed by atoms with Crippen LogP contribution < -0.4 is 5.32 Å². The van der Waals surface area contributed by atoms with Crippen LogP contribution in [0.15, 0.2) is 12.1 Å². The first-order valence-corrected chi connectivity index (χ1v) is 9.86. The predicted octanol–water partition coefficient (Wildman–Crippen LogP) is 2.59. The minimum Gasteiger partial charge on any atom is -0.379 e. The van der Waals surface area contributed by atoms with Crippen molar-refractivity contribution in [2.45, 2.75) is 33.6 Å². The van der Waals surface area contributed by atoms with Crippen molar-refractivity contribution < 1.29 is 4.74 Å². The van der Waals surface area contributed by atoms with E-state index in [1.807, 2.05) is 11.4 Å². The Morgan fingerprint density at radius 2 is 1.96 bits per heavy atom. The third-order valence-electron chi connectivity index (χ3n) is 5.15. The van der Waals surface area contributed by atoms with E-state index >= 15 is 0 Å². The normalized spacial score (nSPS) is 15.7. The number of pyridine rings is 1. The molecule has 0 amide bonds. The molecule has 3 aromatic heterocycles. The maximum atomic E-state index is 5.41. The quantitative estimate of drug-likeness (QED) is 0.675. The van der Waals surface area contributed by atoms with Gasteiger partial charge >= 0.3 is 0 Å². The van der Waals surface area contributed by atoms with Crippen molar-refractivity contribution in [3.63, 3.8) is 0 Å². The number of fused-ring (bicyclic) bond motifs is 3. The molecular formula is C20H28N6O. The van der Waals surface area contributed by atoms with Gasteiger partial charge in [-0.2, -0.15) is 4.52 Å². The van der Waals surface area contributed by atoms with E-state index in [0.29, 0.717) is 0 Å². The lowest BCUT2D eigenvalue weighted by molar-refractivity contribution is 0.0378. The largest absolute Gasteiger partial charge is 0.379 e. The van der Waals surface area contributed by atoms with Crippen LogP contribution in [-0.2, 0) is 11.2 Å². The van der Waals surface area contributed by atoms with E-state index in [0.717, 1.165) is 86.1 Å². The smallest absolute Gasteiger partial charge is 0.184 e. The summed E-state index contributed by atoms with van der Waals surface area (Å²) in [4.78, 5) is 11.9. The third-order valence-corrected chi connectivity index (χ3v) is 5.15. The first kappa shape index (κ1) is 18.1. The highest BCUT2D eigenvalue weighted by Crippen LogP contribution is 2.24. The molecule has 1 aliphatic heterocycles. The van der Waals surface area contributed by atoms with Crippen LogP contribution in [0.2, 0.25) is 0 Å². The Kier molecular flexibility index (Phi) is 5.22. The molecule has 1 aliphatic rings. The Morgan fingerprint density at radius 1 is 1.15 bits per heavy atom. The second-order valence-corrected chi connectivity index (χ2v) is 7.24. The number of nitrogens with zero attached hydrogens (tertiary/aromatic N) is 5. The number of hydrogen-bond donors (Lipinski definition) is 1. The first-order valence-electron chi connectivity index (χ1n) is 9.86. The average molecular weight is 368 g/mol. The summed E-state index contributed by atoms with van der Waals surface area (Å²) in [7, 11) is 0. The fourth-order valence-corrected chi connectivity index (χ4v) is 3.72. The van der Waals surface area contributed by atoms with Crippen LogP contribution >= 0.6 is 0 Å². The number of nitrogens with one attached hydrogen (secondary N) is 1. The van der Waals surface area contributed by atoms with Gasteiger partial charge in [0.1, 0.15) is 5.82 Å². The molecule has 0 unspecified atom stereocenters. The molecule has 0 radical (unpaired) electrons.